The Hall–Kier alpha value is -4.20. The molecule has 0 bridgehead atoms. The maximum Gasteiger partial charge on any atom is 0.326 e. The predicted octanol–water partition coefficient (Wildman–Crippen LogP) is -1.62. The van der Waals surface area contributed by atoms with Gasteiger partial charge in [-0.15, -0.1) is 0 Å². The summed E-state index contributed by atoms with van der Waals surface area (Å²) in [7, 11) is 0. The Balaban J connectivity index is 3.02. The Kier molecular flexibility index (Phi) is 13.4. The number of nitrogens with two attached hydrogens (primary N) is 3. The molecule has 5 amide bonds. The molecule has 0 aromatic heterocycles. The van der Waals surface area contributed by atoms with Gasteiger partial charge in [0.05, 0.1) is 6.04 Å². The van der Waals surface area contributed by atoms with E-state index in [1.807, 2.05) is 0 Å². The Morgan fingerprint density at radius 2 is 1.33 bits per heavy atom. The highest BCUT2D eigenvalue weighted by atomic mass is 16.4. The number of hydrogen-bond acceptors (Lipinski definition) is 8. The third kappa shape index (κ3) is 11.8. The molecule has 0 aliphatic rings. The molecule has 14 nitrogen and oxygen atoms in total. The maximum atomic E-state index is 13.2. The van der Waals surface area contributed by atoms with E-state index >= 15 is 0 Å². The van der Waals surface area contributed by atoms with Crippen LogP contribution in [-0.4, -0.2) is 69.9 Å². The fourth-order valence-electron chi connectivity index (χ4n) is 3.57. The zero-order valence-corrected chi connectivity index (χ0v) is 22.0. The molecule has 0 fully saturated rings. The second-order valence-electron chi connectivity index (χ2n) is 9.32. The molecular weight excluding hydrogens is 512 g/mol. The lowest BCUT2D eigenvalue weighted by molar-refractivity contribution is -0.143. The lowest BCUT2D eigenvalue weighted by atomic mass is 9.96. The van der Waals surface area contributed by atoms with E-state index in [-0.39, 0.29) is 37.9 Å². The van der Waals surface area contributed by atoms with E-state index < -0.39 is 65.6 Å². The fourth-order valence-corrected chi connectivity index (χ4v) is 3.57. The van der Waals surface area contributed by atoms with Crippen molar-refractivity contribution >= 4 is 35.5 Å². The zero-order valence-electron chi connectivity index (χ0n) is 22.0. The van der Waals surface area contributed by atoms with Crippen LogP contribution in [0, 0.1) is 5.92 Å². The van der Waals surface area contributed by atoms with Gasteiger partial charge in [0.2, 0.25) is 29.5 Å². The third-order valence-electron chi connectivity index (χ3n) is 6.13. The number of nitrogens with one attached hydrogen (secondary N) is 3. The second-order valence-corrected chi connectivity index (χ2v) is 9.32. The van der Waals surface area contributed by atoms with E-state index in [0.717, 1.165) is 0 Å². The highest BCUT2D eigenvalue weighted by Crippen LogP contribution is 2.13. The molecule has 1 aromatic carbocycles. The third-order valence-corrected chi connectivity index (χ3v) is 6.13. The van der Waals surface area contributed by atoms with Crippen molar-refractivity contribution in [3.8, 4) is 5.75 Å². The molecule has 0 heterocycles. The summed E-state index contributed by atoms with van der Waals surface area (Å²) in [6, 6.07) is 1.15. The second kappa shape index (κ2) is 15.9. The lowest BCUT2D eigenvalue weighted by Gasteiger charge is -2.28. The zero-order chi connectivity index (χ0) is 29.7. The van der Waals surface area contributed by atoms with Crippen molar-refractivity contribution in [1.29, 1.82) is 0 Å². The topological polar surface area (TPSA) is 257 Å². The van der Waals surface area contributed by atoms with Crippen molar-refractivity contribution < 1.29 is 39.0 Å². The Morgan fingerprint density at radius 1 is 0.821 bits per heavy atom. The number of aliphatic carboxylic acids is 1. The number of phenolic OH excluding ortho intramolecular Hbond substituents is 1. The summed E-state index contributed by atoms with van der Waals surface area (Å²) in [4.78, 5) is 72.8. The molecule has 216 valence electrons. The first-order valence-corrected chi connectivity index (χ1v) is 12.5. The Morgan fingerprint density at radius 3 is 1.82 bits per heavy atom. The lowest BCUT2D eigenvalue weighted by Crippen LogP contribution is -2.58. The molecule has 0 aliphatic heterocycles. The summed E-state index contributed by atoms with van der Waals surface area (Å²) in [5.41, 5.74) is 17.0. The van der Waals surface area contributed by atoms with Gasteiger partial charge in [-0.3, -0.25) is 24.0 Å². The number of carboxylic acids is 1. The molecule has 11 N–H and O–H groups in total. The summed E-state index contributed by atoms with van der Waals surface area (Å²) in [6.45, 7) is 3.50. The molecule has 5 atom stereocenters. The van der Waals surface area contributed by atoms with Crippen molar-refractivity contribution in [2.24, 2.45) is 23.1 Å². The molecule has 0 saturated carbocycles. The van der Waals surface area contributed by atoms with Crippen molar-refractivity contribution in [2.75, 3.05) is 0 Å². The van der Waals surface area contributed by atoms with Crippen molar-refractivity contribution in [1.82, 2.24) is 16.0 Å². The molecule has 39 heavy (non-hydrogen) atoms. The smallest absolute Gasteiger partial charge is 0.326 e. The SMILES string of the molecule is CCC(C)C(NC(=O)C(N)Cc1ccc(O)cc1)C(=O)NC(CCC(N)=O)C(=O)NC(CCC(N)=O)C(=O)O. The normalized spacial score (nSPS) is 14.6. The summed E-state index contributed by atoms with van der Waals surface area (Å²) in [5, 5.41) is 26.1. The average Bonchev–Trinajstić information content (AvgIpc) is 2.87. The minimum absolute atomic E-state index is 0.0581. The van der Waals surface area contributed by atoms with E-state index in [0.29, 0.717) is 12.0 Å². The average molecular weight is 551 g/mol. The van der Waals surface area contributed by atoms with E-state index in [1.54, 1.807) is 26.0 Å². The van der Waals surface area contributed by atoms with Crippen LogP contribution in [0.1, 0.15) is 51.5 Å². The van der Waals surface area contributed by atoms with Gasteiger partial charge in [-0.25, -0.2) is 4.79 Å². The van der Waals surface area contributed by atoms with E-state index in [9.17, 15) is 39.0 Å². The van der Waals surface area contributed by atoms with Gasteiger partial charge in [0.15, 0.2) is 0 Å². The quantitative estimate of drug-likeness (QED) is 0.111. The van der Waals surface area contributed by atoms with Gasteiger partial charge in [-0.2, -0.15) is 0 Å². The molecule has 1 aromatic rings. The van der Waals surface area contributed by atoms with Crippen LogP contribution in [0.3, 0.4) is 0 Å². The van der Waals surface area contributed by atoms with Crippen LogP contribution in [0.4, 0.5) is 0 Å². The van der Waals surface area contributed by atoms with Crippen LogP contribution in [0.2, 0.25) is 0 Å². The fraction of sp³-hybridized carbons (Fsp3) is 0.520. The molecule has 1 rings (SSSR count). The number of primary amides is 2. The number of carboxylic acid groups (broad SMARTS) is 1. The number of carbonyl (C=O) groups excluding carboxylic acids is 5. The van der Waals surface area contributed by atoms with Gasteiger partial charge in [-0.05, 0) is 42.9 Å². The molecule has 0 aliphatic carbocycles. The summed E-state index contributed by atoms with van der Waals surface area (Å²) >= 11 is 0. The minimum Gasteiger partial charge on any atom is -0.508 e. The first-order valence-electron chi connectivity index (χ1n) is 12.5. The number of aromatic hydroxyl groups is 1. The predicted molar refractivity (Wildman–Crippen MR) is 140 cm³/mol. The summed E-state index contributed by atoms with van der Waals surface area (Å²) in [6.07, 6.45) is -0.518. The van der Waals surface area contributed by atoms with Crippen molar-refractivity contribution in [2.45, 2.75) is 76.5 Å². The highest BCUT2D eigenvalue weighted by Gasteiger charge is 2.32. The van der Waals surface area contributed by atoms with Gasteiger partial charge in [0.25, 0.3) is 0 Å². The van der Waals surface area contributed by atoms with Gasteiger partial charge >= 0.3 is 5.97 Å². The van der Waals surface area contributed by atoms with Crippen LogP contribution in [-0.2, 0) is 35.2 Å². The maximum absolute atomic E-state index is 13.2. The highest BCUT2D eigenvalue weighted by molar-refractivity contribution is 5.94. The molecule has 5 unspecified atom stereocenters. The summed E-state index contributed by atoms with van der Waals surface area (Å²) in [5.74, 6) is -5.55. The Bertz CT molecular complexity index is 1030. The Labute approximate surface area is 226 Å². The van der Waals surface area contributed by atoms with Crippen LogP contribution in [0.15, 0.2) is 24.3 Å². The first-order chi connectivity index (χ1) is 18.2. The molecule has 14 heteroatoms. The molecule has 0 radical (unpaired) electrons. The van der Waals surface area contributed by atoms with Gasteiger partial charge in [-0.1, -0.05) is 32.4 Å². The molecule has 0 saturated heterocycles. The number of hydrogen-bond donors (Lipinski definition) is 8. The van der Waals surface area contributed by atoms with Crippen LogP contribution in [0.25, 0.3) is 0 Å². The number of rotatable bonds is 17. The molecule has 0 spiro atoms. The van der Waals surface area contributed by atoms with Crippen LogP contribution in [0.5, 0.6) is 5.75 Å². The van der Waals surface area contributed by atoms with Gasteiger partial charge < -0.3 is 43.4 Å². The van der Waals surface area contributed by atoms with Crippen molar-refractivity contribution in [3.05, 3.63) is 29.8 Å². The van der Waals surface area contributed by atoms with Gasteiger partial charge in [0.1, 0.15) is 23.9 Å². The largest absolute Gasteiger partial charge is 0.508 e. The van der Waals surface area contributed by atoms with E-state index in [1.165, 1.54) is 12.1 Å². The number of phenols is 1. The number of amides is 5. The summed E-state index contributed by atoms with van der Waals surface area (Å²) < 4.78 is 0. The monoisotopic (exact) mass is 550 g/mol. The standard InChI is InChI=1S/C25H38N6O8/c1-3-13(2)21(31-22(35)16(26)12-14-4-6-15(32)7-5-14)24(37)29-17(8-10-19(27)33)23(36)30-18(25(38)39)9-11-20(28)34/h4-7,13,16-18,21,32H,3,8-12,26H2,1-2H3,(H2,27,33)(H2,28,34)(H,29,37)(H,30,36)(H,31,35)(H,38,39). The number of benzene rings is 1. The van der Waals surface area contributed by atoms with Crippen LogP contribution >= 0.6 is 0 Å². The minimum atomic E-state index is -1.47. The molecular formula is C25H38N6O8. The van der Waals surface area contributed by atoms with E-state index in [4.69, 9.17) is 17.2 Å². The first kappa shape index (κ1) is 32.8. The van der Waals surface area contributed by atoms with E-state index in [2.05, 4.69) is 16.0 Å². The van der Waals surface area contributed by atoms with Gasteiger partial charge in [0, 0.05) is 12.8 Å². The number of carbonyl (C=O) groups is 6. The van der Waals surface area contributed by atoms with Crippen LogP contribution < -0.4 is 33.2 Å². The van der Waals surface area contributed by atoms with Crippen molar-refractivity contribution in [3.63, 3.8) is 0 Å².